The van der Waals surface area contributed by atoms with E-state index in [-0.39, 0.29) is 11.5 Å². The molecule has 0 atom stereocenters. The predicted octanol–water partition coefficient (Wildman–Crippen LogP) is 3.10. The van der Waals surface area contributed by atoms with Crippen LogP contribution in [-0.4, -0.2) is 15.7 Å². The fraction of sp³-hybridized carbons (Fsp3) is 0.214. The minimum Gasteiger partial charge on any atom is -0.351 e. The zero-order chi connectivity index (χ0) is 16.4. The van der Waals surface area contributed by atoms with E-state index in [4.69, 9.17) is 23.2 Å². The molecular weight excluding hydrogens is 327 g/mol. The highest BCUT2D eigenvalue weighted by molar-refractivity contribution is 6.39. The molecular formula is C14H14Cl2N4O2. The summed E-state index contributed by atoms with van der Waals surface area (Å²) in [6, 6.07) is 3.14. The summed E-state index contributed by atoms with van der Waals surface area (Å²) in [6.45, 7) is 3.07. The van der Waals surface area contributed by atoms with E-state index in [0.29, 0.717) is 32.7 Å². The van der Waals surface area contributed by atoms with Gasteiger partial charge in [0.1, 0.15) is 0 Å². The molecule has 0 aliphatic heterocycles. The van der Waals surface area contributed by atoms with Crippen molar-refractivity contribution < 1.29 is 4.79 Å². The highest BCUT2D eigenvalue weighted by atomic mass is 35.5. The molecule has 116 valence electrons. The number of hydrogen-bond acceptors (Lipinski definition) is 4. The molecule has 8 heteroatoms. The van der Waals surface area contributed by atoms with Gasteiger partial charge in [-0.1, -0.05) is 23.2 Å². The molecule has 0 saturated carbocycles. The maximum absolute atomic E-state index is 11.9. The van der Waals surface area contributed by atoms with E-state index in [0.717, 1.165) is 0 Å². The van der Waals surface area contributed by atoms with Crippen molar-refractivity contribution in [3.63, 3.8) is 0 Å². The van der Waals surface area contributed by atoms with Crippen molar-refractivity contribution in [2.24, 2.45) is 7.05 Å². The van der Waals surface area contributed by atoms with Crippen LogP contribution >= 0.6 is 23.2 Å². The third kappa shape index (κ3) is 3.40. The Morgan fingerprint density at radius 1 is 1.27 bits per heavy atom. The number of anilines is 3. The number of hydrogen-bond donors (Lipinski definition) is 2. The Bertz CT molecular complexity index is 779. The number of halogens is 2. The van der Waals surface area contributed by atoms with Gasteiger partial charge < -0.3 is 10.6 Å². The van der Waals surface area contributed by atoms with Crippen LogP contribution in [-0.2, 0) is 11.8 Å². The van der Waals surface area contributed by atoms with Crippen LogP contribution in [0.15, 0.2) is 23.1 Å². The van der Waals surface area contributed by atoms with Crippen LogP contribution < -0.4 is 16.2 Å². The summed E-state index contributed by atoms with van der Waals surface area (Å²) in [5.41, 5.74) is 1.73. The van der Waals surface area contributed by atoms with Crippen molar-refractivity contribution in [2.45, 2.75) is 13.8 Å². The van der Waals surface area contributed by atoms with Gasteiger partial charge in [-0.25, -0.2) is 4.68 Å². The zero-order valence-electron chi connectivity index (χ0n) is 12.2. The first-order chi connectivity index (χ1) is 10.3. The topological polar surface area (TPSA) is 76.0 Å². The summed E-state index contributed by atoms with van der Waals surface area (Å²) in [4.78, 5) is 22.9. The second-order valence-corrected chi connectivity index (χ2v) is 5.55. The Morgan fingerprint density at radius 3 is 2.41 bits per heavy atom. The van der Waals surface area contributed by atoms with E-state index < -0.39 is 0 Å². The van der Waals surface area contributed by atoms with Gasteiger partial charge in [0.15, 0.2) is 0 Å². The first-order valence-electron chi connectivity index (χ1n) is 6.36. The molecule has 0 aliphatic rings. The highest BCUT2D eigenvalue weighted by Gasteiger charge is 2.12. The molecule has 0 spiro atoms. The zero-order valence-corrected chi connectivity index (χ0v) is 13.7. The normalized spacial score (nSPS) is 10.4. The number of nitrogens with zero attached hydrogens (tertiary/aromatic N) is 2. The molecule has 0 fully saturated rings. The van der Waals surface area contributed by atoms with Crippen LogP contribution in [0.1, 0.15) is 12.5 Å². The Morgan fingerprint density at radius 2 is 1.86 bits per heavy atom. The van der Waals surface area contributed by atoms with Gasteiger partial charge in [0, 0.05) is 25.2 Å². The van der Waals surface area contributed by atoms with Crippen molar-refractivity contribution in [1.29, 1.82) is 0 Å². The first kappa shape index (κ1) is 16.3. The number of carbonyl (C=O) groups excluding carboxylic acids is 1. The first-order valence-corrected chi connectivity index (χ1v) is 7.11. The van der Waals surface area contributed by atoms with Gasteiger partial charge in [0.25, 0.3) is 5.56 Å². The van der Waals surface area contributed by atoms with Gasteiger partial charge in [-0.2, -0.15) is 5.10 Å². The second-order valence-electron chi connectivity index (χ2n) is 4.73. The fourth-order valence-electron chi connectivity index (χ4n) is 1.88. The standard InChI is InChI=1S/C14H14Cl2N4O2/c1-7-12(6-17-20(3)14(7)22)19-13-10(15)4-9(5-11(13)16)18-8(2)21/h4-6,19H,1-3H3,(H,18,21). The van der Waals surface area contributed by atoms with Gasteiger partial charge >= 0.3 is 0 Å². The quantitative estimate of drug-likeness (QED) is 0.900. The summed E-state index contributed by atoms with van der Waals surface area (Å²) in [7, 11) is 1.57. The number of nitrogens with one attached hydrogen (secondary N) is 2. The number of amides is 1. The van der Waals surface area contributed by atoms with Gasteiger partial charge in [-0.05, 0) is 19.1 Å². The van der Waals surface area contributed by atoms with Crippen molar-refractivity contribution in [3.8, 4) is 0 Å². The average Bonchev–Trinajstić information content (AvgIpc) is 2.42. The minimum absolute atomic E-state index is 0.216. The minimum atomic E-state index is -0.223. The summed E-state index contributed by atoms with van der Waals surface area (Å²) in [5, 5.41) is 10.2. The van der Waals surface area contributed by atoms with E-state index in [2.05, 4.69) is 15.7 Å². The maximum atomic E-state index is 11.9. The van der Waals surface area contributed by atoms with Crippen LogP contribution in [0, 0.1) is 6.92 Å². The van der Waals surface area contributed by atoms with Crippen molar-refractivity contribution >= 4 is 46.2 Å². The van der Waals surface area contributed by atoms with E-state index in [1.807, 2.05) is 0 Å². The highest BCUT2D eigenvalue weighted by Crippen LogP contribution is 2.36. The summed E-state index contributed by atoms with van der Waals surface area (Å²) < 4.78 is 1.24. The molecule has 1 aromatic heterocycles. The van der Waals surface area contributed by atoms with Crippen LogP contribution in [0.25, 0.3) is 0 Å². The largest absolute Gasteiger partial charge is 0.351 e. The third-order valence-corrected chi connectivity index (χ3v) is 3.60. The van der Waals surface area contributed by atoms with Gasteiger partial charge in [0.2, 0.25) is 5.91 Å². The predicted molar refractivity (Wildman–Crippen MR) is 88.3 cm³/mol. The molecule has 6 nitrogen and oxygen atoms in total. The van der Waals surface area contributed by atoms with E-state index in [1.54, 1.807) is 26.1 Å². The van der Waals surface area contributed by atoms with E-state index >= 15 is 0 Å². The van der Waals surface area contributed by atoms with Crippen molar-refractivity contribution in [3.05, 3.63) is 44.3 Å². The lowest BCUT2D eigenvalue weighted by Crippen LogP contribution is -2.22. The van der Waals surface area contributed by atoms with Crippen LogP contribution in [0.4, 0.5) is 17.1 Å². The van der Waals surface area contributed by atoms with Crippen molar-refractivity contribution in [2.75, 3.05) is 10.6 Å². The Balaban J connectivity index is 2.40. The van der Waals surface area contributed by atoms with Crippen LogP contribution in [0.5, 0.6) is 0 Å². The SMILES string of the molecule is CC(=O)Nc1cc(Cl)c(Nc2cnn(C)c(=O)c2C)c(Cl)c1. The molecule has 2 aromatic rings. The van der Waals surface area contributed by atoms with Gasteiger partial charge in [-0.15, -0.1) is 0 Å². The summed E-state index contributed by atoms with van der Waals surface area (Å²) in [6.07, 6.45) is 1.52. The lowest BCUT2D eigenvalue weighted by Gasteiger charge is -2.14. The number of aromatic nitrogens is 2. The molecule has 0 bridgehead atoms. The van der Waals surface area contributed by atoms with Crippen LogP contribution in [0.3, 0.4) is 0 Å². The van der Waals surface area contributed by atoms with Gasteiger partial charge in [0.05, 0.1) is 27.6 Å². The Hall–Kier alpha value is -2.05. The number of carbonyl (C=O) groups is 1. The molecule has 2 N–H and O–H groups in total. The third-order valence-electron chi connectivity index (χ3n) is 3.00. The molecule has 1 heterocycles. The monoisotopic (exact) mass is 340 g/mol. The number of benzene rings is 1. The number of aryl methyl sites for hydroxylation is 1. The molecule has 1 amide bonds. The lowest BCUT2D eigenvalue weighted by molar-refractivity contribution is -0.114. The van der Waals surface area contributed by atoms with Crippen molar-refractivity contribution in [1.82, 2.24) is 9.78 Å². The summed E-state index contributed by atoms with van der Waals surface area (Å²) in [5.74, 6) is -0.223. The Kier molecular flexibility index (Phi) is 4.73. The maximum Gasteiger partial charge on any atom is 0.271 e. The Labute approximate surface area is 137 Å². The average molecular weight is 341 g/mol. The second kappa shape index (κ2) is 6.37. The molecule has 0 aliphatic carbocycles. The van der Waals surface area contributed by atoms with Gasteiger partial charge in [-0.3, -0.25) is 9.59 Å². The molecule has 22 heavy (non-hydrogen) atoms. The number of rotatable bonds is 3. The molecule has 0 saturated heterocycles. The molecule has 1 aromatic carbocycles. The lowest BCUT2D eigenvalue weighted by atomic mass is 10.2. The molecule has 2 rings (SSSR count). The molecule has 0 radical (unpaired) electrons. The molecule has 0 unspecified atom stereocenters. The fourth-order valence-corrected chi connectivity index (χ4v) is 2.46. The van der Waals surface area contributed by atoms with E-state index in [9.17, 15) is 9.59 Å². The van der Waals surface area contributed by atoms with E-state index in [1.165, 1.54) is 17.8 Å². The van der Waals surface area contributed by atoms with Crippen LogP contribution in [0.2, 0.25) is 10.0 Å². The smallest absolute Gasteiger partial charge is 0.271 e. The summed E-state index contributed by atoms with van der Waals surface area (Å²) >= 11 is 12.4.